The van der Waals surface area contributed by atoms with Gasteiger partial charge in [0.1, 0.15) is 0 Å². The number of carbonyl (C=O) groups is 2. The van der Waals surface area contributed by atoms with E-state index in [-0.39, 0.29) is 18.0 Å². The average Bonchev–Trinajstić information content (AvgIpc) is 2.61. The minimum atomic E-state index is -0.285. The number of amides is 2. The van der Waals surface area contributed by atoms with Crippen molar-refractivity contribution in [1.82, 2.24) is 15.2 Å². The van der Waals surface area contributed by atoms with E-state index in [0.29, 0.717) is 44.6 Å². The Morgan fingerprint density at radius 1 is 1.42 bits per heavy atom. The summed E-state index contributed by atoms with van der Waals surface area (Å²) in [4.78, 5) is 29.8. The number of piperidine rings is 1. The molecule has 1 aliphatic rings. The zero-order valence-corrected chi connectivity index (χ0v) is 14.0. The fraction of sp³-hybridized carbons (Fsp3) is 0.471. The minimum Gasteiger partial charge on any atom is -0.450 e. The molecule has 1 aliphatic heterocycles. The van der Waals surface area contributed by atoms with Gasteiger partial charge in [-0.3, -0.25) is 9.78 Å². The Kier molecular flexibility index (Phi) is 6.60. The van der Waals surface area contributed by atoms with E-state index < -0.39 is 0 Å². The number of rotatable bonds is 6. The first-order valence-corrected chi connectivity index (χ1v) is 8.16. The van der Waals surface area contributed by atoms with Gasteiger partial charge in [0.25, 0.3) is 5.91 Å². The topological polar surface area (TPSA) is 83.6 Å². The van der Waals surface area contributed by atoms with Crippen LogP contribution in [0.4, 0.5) is 10.5 Å². The van der Waals surface area contributed by atoms with E-state index in [0.717, 1.165) is 5.69 Å². The lowest BCUT2D eigenvalue weighted by molar-refractivity contribution is 0.0860. The Labute approximate surface area is 142 Å². The molecule has 2 amide bonds. The average molecular weight is 332 g/mol. The van der Waals surface area contributed by atoms with Crippen LogP contribution in [0.15, 0.2) is 31.1 Å². The van der Waals surface area contributed by atoms with Crippen molar-refractivity contribution in [3.63, 3.8) is 0 Å². The van der Waals surface area contributed by atoms with E-state index in [1.165, 1.54) is 0 Å². The van der Waals surface area contributed by atoms with E-state index in [4.69, 9.17) is 4.74 Å². The van der Waals surface area contributed by atoms with Gasteiger partial charge in [-0.15, -0.1) is 6.58 Å². The molecule has 2 N–H and O–H groups in total. The Morgan fingerprint density at radius 2 is 2.17 bits per heavy atom. The van der Waals surface area contributed by atoms with Crippen molar-refractivity contribution in [2.75, 3.05) is 31.6 Å². The van der Waals surface area contributed by atoms with Crippen molar-refractivity contribution in [2.45, 2.75) is 25.8 Å². The first-order chi connectivity index (χ1) is 11.6. The molecule has 0 radical (unpaired) electrons. The summed E-state index contributed by atoms with van der Waals surface area (Å²) in [6, 6.07) is 1.81. The zero-order valence-electron chi connectivity index (χ0n) is 14.0. The number of hydrogen-bond donors (Lipinski definition) is 2. The Balaban J connectivity index is 1.85. The first kappa shape index (κ1) is 17.8. The van der Waals surface area contributed by atoms with Crippen LogP contribution in [0.3, 0.4) is 0 Å². The molecule has 0 bridgehead atoms. The molecule has 0 aliphatic carbocycles. The second-order valence-corrected chi connectivity index (χ2v) is 5.57. The maximum absolute atomic E-state index is 12.4. The van der Waals surface area contributed by atoms with Crippen LogP contribution in [0.2, 0.25) is 0 Å². The summed E-state index contributed by atoms with van der Waals surface area (Å²) in [6.07, 6.45) is 6.09. The molecule has 0 unspecified atom stereocenters. The number of anilines is 1. The van der Waals surface area contributed by atoms with Gasteiger partial charge in [0, 0.05) is 38.1 Å². The molecular weight excluding hydrogens is 308 g/mol. The second kappa shape index (κ2) is 8.90. The number of pyridine rings is 1. The number of ether oxygens (including phenoxy) is 1. The molecule has 2 rings (SSSR count). The molecule has 0 atom stereocenters. The van der Waals surface area contributed by atoms with E-state index in [2.05, 4.69) is 22.2 Å². The Bertz CT molecular complexity index is 583. The lowest BCUT2D eigenvalue weighted by Crippen LogP contribution is -2.46. The molecule has 1 saturated heterocycles. The SMILES string of the molecule is C=CCNc1cncc(C(=O)NC2CCN(C(=O)OCC)CC2)c1. The smallest absolute Gasteiger partial charge is 0.409 e. The van der Waals surface area contributed by atoms with Crippen LogP contribution in [0.5, 0.6) is 0 Å². The van der Waals surface area contributed by atoms with Gasteiger partial charge in [-0.1, -0.05) is 6.08 Å². The Morgan fingerprint density at radius 3 is 2.83 bits per heavy atom. The summed E-state index contributed by atoms with van der Waals surface area (Å²) in [5.74, 6) is -0.153. The van der Waals surface area contributed by atoms with Gasteiger partial charge in [-0.25, -0.2) is 4.79 Å². The molecule has 1 aromatic heterocycles. The number of nitrogens with zero attached hydrogens (tertiary/aromatic N) is 2. The monoisotopic (exact) mass is 332 g/mol. The molecule has 1 aromatic rings. The fourth-order valence-electron chi connectivity index (χ4n) is 2.54. The quantitative estimate of drug-likeness (QED) is 0.779. The molecule has 0 spiro atoms. The van der Waals surface area contributed by atoms with Gasteiger partial charge in [0.2, 0.25) is 0 Å². The van der Waals surface area contributed by atoms with E-state index >= 15 is 0 Å². The summed E-state index contributed by atoms with van der Waals surface area (Å²) >= 11 is 0. The molecule has 130 valence electrons. The molecule has 0 saturated carbocycles. The summed E-state index contributed by atoms with van der Waals surface area (Å²) in [7, 11) is 0. The van der Waals surface area contributed by atoms with Gasteiger partial charge < -0.3 is 20.3 Å². The molecule has 7 nitrogen and oxygen atoms in total. The standard InChI is InChI=1S/C17H24N4O3/c1-3-7-19-15-10-13(11-18-12-15)16(22)20-14-5-8-21(9-6-14)17(23)24-4-2/h3,10-12,14,19H,1,4-9H2,2H3,(H,20,22). The third-order valence-corrected chi connectivity index (χ3v) is 3.81. The van der Waals surface area contributed by atoms with Crippen molar-refractivity contribution in [3.8, 4) is 0 Å². The molecule has 2 heterocycles. The summed E-state index contributed by atoms with van der Waals surface area (Å²) in [5, 5.41) is 6.11. The number of nitrogens with one attached hydrogen (secondary N) is 2. The van der Waals surface area contributed by atoms with Crippen molar-refractivity contribution in [2.24, 2.45) is 0 Å². The lowest BCUT2D eigenvalue weighted by Gasteiger charge is -2.31. The number of likely N-dealkylation sites (tertiary alicyclic amines) is 1. The molecule has 1 fully saturated rings. The summed E-state index contributed by atoms with van der Waals surface area (Å²) in [5.41, 5.74) is 1.29. The zero-order chi connectivity index (χ0) is 17.4. The van der Waals surface area contributed by atoms with Crippen LogP contribution in [-0.4, -0.2) is 54.2 Å². The molecule has 7 heteroatoms. The number of carbonyl (C=O) groups excluding carboxylic acids is 2. The van der Waals surface area contributed by atoms with E-state index in [1.807, 2.05) is 0 Å². The van der Waals surface area contributed by atoms with Crippen molar-refractivity contribution < 1.29 is 14.3 Å². The van der Waals surface area contributed by atoms with Gasteiger partial charge in [0.05, 0.1) is 17.9 Å². The van der Waals surface area contributed by atoms with Crippen molar-refractivity contribution in [1.29, 1.82) is 0 Å². The highest BCUT2D eigenvalue weighted by atomic mass is 16.6. The van der Waals surface area contributed by atoms with Crippen LogP contribution < -0.4 is 10.6 Å². The van der Waals surface area contributed by atoms with Crippen LogP contribution in [0.25, 0.3) is 0 Å². The summed E-state index contributed by atoms with van der Waals surface area (Å²) in [6.45, 7) is 7.59. The molecule has 0 aromatic carbocycles. The van der Waals surface area contributed by atoms with Gasteiger partial charge in [-0.2, -0.15) is 0 Å². The van der Waals surface area contributed by atoms with E-state index in [9.17, 15) is 9.59 Å². The van der Waals surface area contributed by atoms with Crippen molar-refractivity contribution >= 4 is 17.7 Å². The largest absolute Gasteiger partial charge is 0.450 e. The van der Waals surface area contributed by atoms with Crippen LogP contribution in [-0.2, 0) is 4.74 Å². The predicted octanol–water partition coefficient (Wildman–Crippen LogP) is 2.03. The highest BCUT2D eigenvalue weighted by Gasteiger charge is 2.24. The maximum atomic E-state index is 12.4. The normalized spacial score (nSPS) is 14.8. The van der Waals surface area contributed by atoms with Crippen molar-refractivity contribution in [3.05, 3.63) is 36.7 Å². The second-order valence-electron chi connectivity index (χ2n) is 5.57. The van der Waals surface area contributed by atoms with Gasteiger partial charge >= 0.3 is 6.09 Å². The predicted molar refractivity (Wildman–Crippen MR) is 92.0 cm³/mol. The van der Waals surface area contributed by atoms with Crippen LogP contribution >= 0.6 is 0 Å². The first-order valence-electron chi connectivity index (χ1n) is 8.16. The lowest BCUT2D eigenvalue weighted by atomic mass is 10.0. The number of hydrogen-bond acceptors (Lipinski definition) is 5. The molecular formula is C17H24N4O3. The number of aromatic nitrogens is 1. The van der Waals surface area contributed by atoms with Crippen LogP contribution in [0, 0.1) is 0 Å². The highest BCUT2D eigenvalue weighted by molar-refractivity contribution is 5.94. The Hall–Kier alpha value is -2.57. The third kappa shape index (κ3) is 4.97. The van der Waals surface area contributed by atoms with Crippen LogP contribution in [0.1, 0.15) is 30.1 Å². The highest BCUT2D eigenvalue weighted by Crippen LogP contribution is 2.13. The van der Waals surface area contributed by atoms with E-state index in [1.54, 1.807) is 36.4 Å². The van der Waals surface area contributed by atoms with Gasteiger partial charge in [0.15, 0.2) is 0 Å². The minimum absolute atomic E-state index is 0.0490. The maximum Gasteiger partial charge on any atom is 0.409 e. The third-order valence-electron chi connectivity index (χ3n) is 3.81. The fourth-order valence-corrected chi connectivity index (χ4v) is 2.54. The summed E-state index contributed by atoms with van der Waals surface area (Å²) < 4.78 is 4.99. The van der Waals surface area contributed by atoms with Gasteiger partial charge in [-0.05, 0) is 25.8 Å². The molecule has 24 heavy (non-hydrogen) atoms.